The van der Waals surface area contributed by atoms with Gasteiger partial charge in [-0.2, -0.15) is 0 Å². The number of benzene rings is 1. The summed E-state index contributed by atoms with van der Waals surface area (Å²) in [5, 5.41) is 3.15. The normalized spacial score (nSPS) is 17.9. The molecule has 3 N–H and O–H groups in total. The van der Waals surface area contributed by atoms with Crippen molar-refractivity contribution in [3.05, 3.63) is 24.3 Å². The van der Waals surface area contributed by atoms with E-state index in [9.17, 15) is 0 Å². The van der Waals surface area contributed by atoms with Crippen LogP contribution in [0.5, 0.6) is 5.75 Å². The molecule has 1 atom stereocenters. The van der Waals surface area contributed by atoms with E-state index in [1.807, 2.05) is 24.3 Å². The first-order valence-corrected chi connectivity index (χ1v) is 8.95. The largest absolute Gasteiger partial charge is 0.495 e. The molecule has 0 saturated carbocycles. The number of hydrogen-bond acceptors (Lipinski definition) is 3. The summed E-state index contributed by atoms with van der Waals surface area (Å²) in [5.74, 6) is 2.60. The van der Waals surface area contributed by atoms with Gasteiger partial charge >= 0.3 is 0 Å². The minimum absolute atomic E-state index is 0. The maximum absolute atomic E-state index is 6.09. The molecule has 25 heavy (non-hydrogen) atoms. The van der Waals surface area contributed by atoms with Gasteiger partial charge in [0.05, 0.1) is 19.3 Å². The lowest BCUT2D eigenvalue weighted by atomic mass is 9.94. The van der Waals surface area contributed by atoms with Crippen LogP contribution in [-0.4, -0.2) is 43.6 Å². The Bertz CT molecular complexity index is 542. The van der Waals surface area contributed by atoms with Gasteiger partial charge < -0.3 is 15.8 Å². The fourth-order valence-electron chi connectivity index (χ4n) is 3.23. The molecule has 0 aliphatic carbocycles. The van der Waals surface area contributed by atoms with Crippen LogP contribution >= 0.6 is 24.0 Å². The summed E-state index contributed by atoms with van der Waals surface area (Å²) < 4.78 is 5.33. The summed E-state index contributed by atoms with van der Waals surface area (Å²) in [6.45, 7) is 9.93. The molecule has 6 heteroatoms. The Balaban J connectivity index is 0.00000312. The molecule has 0 radical (unpaired) electrons. The van der Waals surface area contributed by atoms with Gasteiger partial charge in [-0.05, 0) is 49.9 Å². The summed E-state index contributed by atoms with van der Waals surface area (Å²) in [5.41, 5.74) is 6.94. The standard InChI is InChI=1S/C19H32N4O.HI/c1-14(2)17(23-11-9-15(3)10-12-23)13-21-19(20)22-16-7-5-6-8-18(16)24-4;/h5-8,14-15,17H,9-13H2,1-4H3,(H3,20,21,22);1H. The van der Waals surface area contributed by atoms with Gasteiger partial charge in [-0.3, -0.25) is 9.89 Å². The van der Waals surface area contributed by atoms with E-state index in [4.69, 9.17) is 10.5 Å². The van der Waals surface area contributed by atoms with E-state index in [0.717, 1.165) is 23.9 Å². The van der Waals surface area contributed by atoms with Crippen molar-refractivity contribution < 1.29 is 4.74 Å². The van der Waals surface area contributed by atoms with Crippen LogP contribution in [0.1, 0.15) is 33.6 Å². The van der Waals surface area contributed by atoms with Gasteiger partial charge in [0.2, 0.25) is 0 Å². The third-order valence-electron chi connectivity index (χ3n) is 4.88. The molecule has 0 aromatic heterocycles. The lowest BCUT2D eigenvalue weighted by Gasteiger charge is -2.38. The van der Waals surface area contributed by atoms with Crippen LogP contribution < -0.4 is 15.8 Å². The van der Waals surface area contributed by atoms with Gasteiger partial charge in [0.25, 0.3) is 0 Å². The molecule has 1 unspecified atom stereocenters. The van der Waals surface area contributed by atoms with E-state index >= 15 is 0 Å². The number of anilines is 1. The first kappa shape index (κ1) is 22.0. The Morgan fingerprint density at radius 3 is 2.56 bits per heavy atom. The fourth-order valence-corrected chi connectivity index (χ4v) is 3.23. The van der Waals surface area contributed by atoms with Crippen LogP contribution in [0.4, 0.5) is 5.69 Å². The Morgan fingerprint density at radius 2 is 1.96 bits per heavy atom. The second-order valence-corrected chi connectivity index (χ2v) is 7.08. The maximum atomic E-state index is 6.09. The highest BCUT2D eigenvalue weighted by Gasteiger charge is 2.25. The van der Waals surface area contributed by atoms with Gasteiger partial charge in [0, 0.05) is 6.04 Å². The second kappa shape index (κ2) is 10.9. The van der Waals surface area contributed by atoms with E-state index in [1.165, 1.54) is 25.9 Å². The second-order valence-electron chi connectivity index (χ2n) is 7.08. The number of nitrogens with one attached hydrogen (secondary N) is 1. The number of hydrogen-bond donors (Lipinski definition) is 2. The first-order valence-electron chi connectivity index (χ1n) is 8.95. The number of rotatable bonds is 6. The van der Waals surface area contributed by atoms with Crippen molar-refractivity contribution in [2.45, 2.75) is 39.7 Å². The zero-order valence-electron chi connectivity index (χ0n) is 15.9. The molecule has 1 heterocycles. The van der Waals surface area contributed by atoms with E-state index in [2.05, 4.69) is 36.0 Å². The van der Waals surface area contributed by atoms with Crippen molar-refractivity contribution in [2.75, 3.05) is 32.1 Å². The van der Waals surface area contributed by atoms with E-state index in [1.54, 1.807) is 7.11 Å². The number of methoxy groups -OCH3 is 1. The van der Waals surface area contributed by atoms with Crippen LogP contribution in [0.15, 0.2) is 29.3 Å². The Hall–Kier alpha value is -1.02. The van der Waals surface area contributed by atoms with Gasteiger partial charge in [-0.15, -0.1) is 24.0 Å². The number of nitrogens with zero attached hydrogens (tertiary/aromatic N) is 2. The smallest absolute Gasteiger partial charge is 0.193 e. The van der Waals surface area contributed by atoms with Gasteiger partial charge in [0.15, 0.2) is 5.96 Å². The van der Waals surface area contributed by atoms with Crippen molar-refractivity contribution >= 4 is 35.6 Å². The molecule has 0 spiro atoms. The van der Waals surface area contributed by atoms with E-state index in [0.29, 0.717) is 17.9 Å². The first-order chi connectivity index (χ1) is 11.5. The quantitative estimate of drug-likeness (QED) is 0.385. The highest BCUT2D eigenvalue weighted by Crippen LogP contribution is 2.23. The number of halogens is 1. The zero-order valence-corrected chi connectivity index (χ0v) is 18.2. The number of para-hydroxylation sites is 2. The van der Waals surface area contributed by atoms with Crippen LogP contribution in [0.25, 0.3) is 0 Å². The molecule has 142 valence electrons. The van der Waals surface area contributed by atoms with Crippen molar-refractivity contribution in [1.29, 1.82) is 0 Å². The summed E-state index contributed by atoms with van der Waals surface area (Å²) in [7, 11) is 1.65. The molecule has 1 fully saturated rings. The minimum Gasteiger partial charge on any atom is -0.495 e. The van der Waals surface area contributed by atoms with Crippen LogP contribution in [-0.2, 0) is 0 Å². The average molecular weight is 460 g/mol. The molecular formula is C19H33IN4O. The molecule has 0 amide bonds. The molecule has 1 aliphatic heterocycles. The van der Waals surface area contributed by atoms with Crippen LogP contribution in [0.2, 0.25) is 0 Å². The van der Waals surface area contributed by atoms with E-state index in [-0.39, 0.29) is 24.0 Å². The lowest BCUT2D eigenvalue weighted by Crippen LogP contribution is -2.45. The molecule has 1 aliphatic rings. The zero-order chi connectivity index (χ0) is 17.5. The Kier molecular flexibility index (Phi) is 9.56. The molecule has 2 rings (SSSR count). The lowest BCUT2D eigenvalue weighted by molar-refractivity contribution is 0.113. The summed E-state index contributed by atoms with van der Waals surface area (Å²) in [4.78, 5) is 7.17. The number of ether oxygens (including phenoxy) is 1. The molecule has 5 nitrogen and oxygen atoms in total. The minimum atomic E-state index is 0. The van der Waals surface area contributed by atoms with Crippen molar-refractivity contribution in [3.8, 4) is 5.75 Å². The van der Waals surface area contributed by atoms with Crippen molar-refractivity contribution in [2.24, 2.45) is 22.6 Å². The molecule has 1 aromatic carbocycles. The Labute approximate surface area is 169 Å². The predicted molar refractivity (Wildman–Crippen MR) is 117 cm³/mol. The molecule has 0 bridgehead atoms. The average Bonchev–Trinajstić information content (AvgIpc) is 2.57. The van der Waals surface area contributed by atoms with Crippen LogP contribution in [0.3, 0.4) is 0 Å². The molecule has 1 saturated heterocycles. The number of guanidine groups is 1. The number of aliphatic imine (C=N–C) groups is 1. The molecular weight excluding hydrogens is 427 g/mol. The monoisotopic (exact) mass is 460 g/mol. The summed E-state index contributed by atoms with van der Waals surface area (Å²) >= 11 is 0. The van der Waals surface area contributed by atoms with Gasteiger partial charge in [-0.1, -0.05) is 32.9 Å². The van der Waals surface area contributed by atoms with Gasteiger partial charge in [-0.25, -0.2) is 0 Å². The predicted octanol–water partition coefficient (Wildman–Crippen LogP) is 3.80. The van der Waals surface area contributed by atoms with E-state index < -0.39 is 0 Å². The van der Waals surface area contributed by atoms with Crippen molar-refractivity contribution in [1.82, 2.24) is 4.90 Å². The van der Waals surface area contributed by atoms with Gasteiger partial charge in [0.1, 0.15) is 5.75 Å². The Morgan fingerprint density at radius 1 is 1.32 bits per heavy atom. The fraction of sp³-hybridized carbons (Fsp3) is 0.632. The SMILES string of the molecule is COc1ccccc1NC(N)=NCC(C(C)C)N1CCC(C)CC1.I. The number of piperidine rings is 1. The van der Waals surface area contributed by atoms with Crippen LogP contribution in [0, 0.1) is 11.8 Å². The molecule has 1 aromatic rings. The maximum Gasteiger partial charge on any atom is 0.193 e. The summed E-state index contributed by atoms with van der Waals surface area (Å²) in [6.07, 6.45) is 2.56. The third kappa shape index (κ3) is 6.66. The van der Waals surface area contributed by atoms with Crippen molar-refractivity contribution in [3.63, 3.8) is 0 Å². The number of likely N-dealkylation sites (tertiary alicyclic amines) is 1. The third-order valence-corrected chi connectivity index (χ3v) is 4.88. The topological polar surface area (TPSA) is 62.9 Å². The highest BCUT2D eigenvalue weighted by atomic mass is 127. The summed E-state index contributed by atoms with van der Waals surface area (Å²) in [6, 6.07) is 8.16. The number of nitrogens with two attached hydrogens (primary N) is 1. The highest BCUT2D eigenvalue weighted by molar-refractivity contribution is 14.0.